The topological polar surface area (TPSA) is 64.4 Å². The summed E-state index contributed by atoms with van der Waals surface area (Å²) in [6, 6.07) is 7.73. The minimum absolute atomic E-state index is 0.00424. The summed E-state index contributed by atoms with van der Waals surface area (Å²) in [5.41, 5.74) is 7.32. The first-order valence-corrected chi connectivity index (χ1v) is 8.68. The zero-order chi connectivity index (χ0) is 14.7. The molecule has 1 spiro atoms. The van der Waals surface area contributed by atoms with Gasteiger partial charge >= 0.3 is 0 Å². The second-order valence-corrected chi connectivity index (χ2v) is 7.00. The van der Waals surface area contributed by atoms with Crippen molar-refractivity contribution in [1.82, 2.24) is 5.32 Å². The Bertz CT molecular complexity index is 498. The number of carbonyl (C=O) groups is 1. The van der Waals surface area contributed by atoms with E-state index in [1.54, 1.807) is 0 Å². The van der Waals surface area contributed by atoms with Crippen molar-refractivity contribution in [2.45, 2.75) is 37.5 Å². The van der Waals surface area contributed by atoms with Crippen LogP contribution in [0.4, 0.5) is 0 Å². The number of nitrogens with two attached hydrogens (primary N) is 1. The van der Waals surface area contributed by atoms with Crippen LogP contribution in [0.2, 0.25) is 0 Å². The van der Waals surface area contributed by atoms with Crippen molar-refractivity contribution in [2.24, 2.45) is 5.73 Å². The predicted octanol–water partition coefficient (Wildman–Crippen LogP) is 1.93. The second kappa shape index (κ2) is 6.38. The molecule has 4 nitrogen and oxygen atoms in total. The number of nitrogens with one attached hydrogen (secondary N) is 1. The molecular weight excluding hydrogens is 284 g/mol. The minimum Gasteiger partial charge on any atom is -0.374 e. The Morgan fingerprint density at radius 1 is 1.43 bits per heavy atom. The van der Waals surface area contributed by atoms with Gasteiger partial charge in [-0.3, -0.25) is 4.79 Å². The molecular formula is C16H22N2O2S. The minimum atomic E-state index is 0.00424. The third-order valence-corrected chi connectivity index (χ3v) is 5.57. The summed E-state index contributed by atoms with van der Waals surface area (Å²) in [6.45, 7) is 1.25. The van der Waals surface area contributed by atoms with Gasteiger partial charge in [0, 0.05) is 30.5 Å². The summed E-state index contributed by atoms with van der Waals surface area (Å²) in [5.74, 6) is 2.23. The predicted molar refractivity (Wildman–Crippen MR) is 85.4 cm³/mol. The van der Waals surface area contributed by atoms with E-state index < -0.39 is 0 Å². The van der Waals surface area contributed by atoms with Gasteiger partial charge in [-0.25, -0.2) is 0 Å². The summed E-state index contributed by atoms with van der Waals surface area (Å²) in [5, 5.41) is 3.16. The highest BCUT2D eigenvalue weighted by molar-refractivity contribution is 7.99. The first-order chi connectivity index (χ1) is 10.2. The van der Waals surface area contributed by atoms with Crippen molar-refractivity contribution >= 4 is 17.7 Å². The van der Waals surface area contributed by atoms with Crippen LogP contribution < -0.4 is 11.1 Å². The van der Waals surface area contributed by atoms with E-state index in [4.69, 9.17) is 10.5 Å². The molecule has 1 amide bonds. The molecule has 2 aliphatic heterocycles. The Morgan fingerprint density at radius 2 is 2.24 bits per heavy atom. The quantitative estimate of drug-likeness (QED) is 0.895. The summed E-state index contributed by atoms with van der Waals surface area (Å²) >= 11 is 1.95. The largest absolute Gasteiger partial charge is 0.374 e. The van der Waals surface area contributed by atoms with Crippen molar-refractivity contribution in [3.8, 4) is 0 Å². The lowest BCUT2D eigenvalue weighted by atomic mass is 9.89. The number of hydrogen-bond acceptors (Lipinski definition) is 4. The number of ether oxygens (including phenoxy) is 1. The van der Waals surface area contributed by atoms with Gasteiger partial charge in [0.15, 0.2) is 0 Å². The standard InChI is InChI=1S/C16H22N2O2S/c17-10-12-1-3-13(4-2-12)15(19)18-14-5-7-20-16(9-14)6-8-21-11-16/h1-4,14H,5-11,17H2,(H,18,19). The van der Waals surface area contributed by atoms with E-state index in [2.05, 4.69) is 5.32 Å². The monoisotopic (exact) mass is 306 g/mol. The van der Waals surface area contributed by atoms with Gasteiger partial charge in [0.1, 0.15) is 0 Å². The molecule has 0 aliphatic carbocycles. The molecule has 21 heavy (non-hydrogen) atoms. The molecule has 0 bridgehead atoms. The summed E-state index contributed by atoms with van der Waals surface area (Å²) in [6.07, 6.45) is 2.95. The van der Waals surface area contributed by atoms with E-state index in [9.17, 15) is 4.79 Å². The highest BCUT2D eigenvalue weighted by atomic mass is 32.2. The summed E-state index contributed by atoms with van der Waals surface area (Å²) in [7, 11) is 0. The van der Waals surface area contributed by atoms with Crippen LogP contribution in [0, 0.1) is 0 Å². The SMILES string of the molecule is NCc1ccc(C(=O)NC2CCOC3(CCSC3)C2)cc1. The maximum atomic E-state index is 12.3. The van der Waals surface area contributed by atoms with Crippen LogP contribution >= 0.6 is 11.8 Å². The van der Waals surface area contributed by atoms with Gasteiger partial charge in [0.2, 0.25) is 0 Å². The fraction of sp³-hybridized carbons (Fsp3) is 0.562. The third kappa shape index (κ3) is 3.42. The maximum Gasteiger partial charge on any atom is 0.251 e. The summed E-state index contributed by atoms with van der Waals surface area (Å²) < 4.78 is 5.99. The van der Waals surface area contributed by atoms with Gasteiger partial charge in [-0.15, -0.1) is 0 Å². The maximum absolute atomic E-state index is 12.3. The lowest BCUT2D eigenvalue weighted by molar-refractivity contribution is -0.0688. The smallest absolute Gasteiger partial charge is 0.251 e. The van der Waals surface area contributed by atoms with Crippen LogP contribution in [-0.2, 0) is 11.3 Å². The van der Waals surface area contributed by atoms with E-state index in [-0.39, 0.29) is 17.6 Å². The Kier molecular flexibility index (Phi) is 4.52. The normalized spacial score (nSPS) is 28.7. The molecule has 0 aromatic heterocycles. The van der Waals surface area contributed by atoms with Gasteiger partial charge in [-0.1, -0.05) is 12.1 Å². The average molecular weight is 306 g/mol. The molecule has 1 aromatic rings. The van der Waals surface area contributed by atoms with Crippen molar-refractivity contribution in [3.05, 3.63) is 35.4 Å². The number of benzene rings is 1. The Morgan fingerprint density at radius 3 is 2.90 bits per heavy atom. The molecule has 1 aromatic carbocycles. The van der Waals surface area contributed by atoms with E-state index >= 15 is 0 Å². The van der Waals surface area contributed by atoms with Crippen LogP contribution in [-0.4, -0.2) is 35.7 Å². The first-order valence-electron chi connectivity index (χ1n) is 7.52. The van der Waals surface area contributed by atoms with Crippen LogP contribution in [0.1, 0.15) is 35.2 Å². The van der Waals surface area contributed by atoms with Crippen LogP contribution in [0.5, 0.6) is 0 Å². The number of thioether (sulfide) groups is 1. The molecule has 2 saturated heterocycles. The Balaban J connectivity index is 1.61. The van der Waals surface area contributed by atoms with E-state index in [1.807, 2.05) is 36.0 Å². The van der Waals surface area contributed by atoms with E-state index in [0.717, 1.165) is 37.2 Å². The highest BCUT2D eigenvalue weighted by Crippen LogP contribution is 2.38. The molecule has 3 N–H and O–H groups in total. The molecule has 2 aliphatic rings. The molecule has 0 radical (unpaired) electrons. The fourth-order valence-electron chi connectivity index (χ4n) is 3.08. The lowest BCUT2D eigenvalue weighted by Gasteiger charge is -2.38. The van der Waals surface area contributed by atoms with Crippen molar-refractivity contribution in [3.63, 3.8) is 0 Å². The van der Waals surface area contributed by atoms with Gasteiger partial charge in [0.25, 0.3) is 5.91 Å². The molecule has 2 fully saturated rings. The first kappa shape index (κ1) is 14.9. The van der Waals surface area contributed by atoms with Crippen molar-refractivity contribution in [1.29, 1.82) is 0 Å². The van der Waals surface area contributed by atoms with Crippen molar-refractivity contribution in [2.75, 3.05) is 18.1 Å². The third-order valence-electron chi connectivity index (χ3n) is 4.35. The average Bonchev–Trinajstić information content (AvgIpc) is 2.95. The fourth-order valence-corrected chi connectivity index (χ4v) is 4.45. The lowest BCUT2D eigenvalue weighted by Crippen LogP contribution is -2.48. The molecule has 2 heterocycles. The van der Waals surface area contributed by atoms with E-state index in [1.165, 1.54) is 5.75 Å². The Hall–Kier alpha value is -1.04. The van der Waals surface area contributed by atoms with Gasteiger partial charge in [-0.05, 0) is 42.7 Å². The molecule has 2 atom stereocenters. The van der Waals surface area contributed by atoms with Crippen molar-refractivity contribution < 1.29 is 9.53 Å². The second-order valence-electron chi connectivity index (χ2n) is 5.90. The van der Waals surface area contributed by atoms with Crippen LogP contribution in [0.15, 0.2) is 24.3 Å². The molecule has 0 saturated carbocycles. The number of carbonyl (C=O) groups excluding carboxylic acids is 1. The zero-order valence-electron chi connectivity index (χ0n) is 12.1. The summed E-state index contributed by atoms with van der Waals surface area (Å²) in [4.78, 5) is 12.3. The highest BCUT2D eigenvalue weighted by Gasteiger charge is 2.40. The zero-order valence-corrected chi connectivity index (χ0v) is 13.0. The van der Waals surface area contributed by atoms with Crippen LogP contribution in [0.3, 0.4) is 0 Å². The number of rotatable bonds is 3. The molecule has 114 valence electrons. The van der Waals surface area contributed by atoms with E-state index in [0.29, 0.717) is 12.1 Å². The van der Waals surface area contributed by atoms with Gasteiger partial charge < -0.3 is 15.8 Å². The molecule has 3 rings (SSSR count). The number of hydrogen-bond donors (Lipinski definition) is 2. The molecule has 5 heteroatoms. The number of amides is 1. The Labute approximate surface area is 129 Å². The van der Waals surface area contributed by atoms with Crippen LogP contribution in [0.25, 0.3) is 0 Å². The van der Waals surface area contributed by atoms with Gasteiger partial charge in [-0.2, -0.15) is 11.8 Å². The van der Waals surface area contributed by atoms with Gasteiger partial charge in [0.05, 0.1) is 5.60 Å². The molecule has 2 unspecified atom stereocenters.